The molecule has 28 heavy (non-hydrogen) atoms. The van der Waals surface area contributed by atoms with Crippen LogP contribution in [0.1, 0.15) is 16.8 Å². The fourth-order valence-corrected chi connectivity index (χ4v) is 3.94. The lowest BCUT2D eigenvalue weighted by molar-refractivity contribution is -0.117. The second-order valence-electron chi connectivity index (χ2n) is 6.92. The molecule has 1 saturated heterocycles. The van der Waals surface area contributed by atoms with Gasteiger partial charge in [0.25, 0.3) is 0 Å². The van der Waals surface area contributed by atoms with Crippen molar-refractivity contribution in [2.45, 2.75) is 6.42 Å². The number of fused-ring (bicyclic) bond motifs is 2. The minimum Gasteiger partial charge on any atom is -0.495 e. The van der Waals surface area contributed by atoms with E-state index in [9.17, 15) is 9.59 Å². The number of amides is 1. The molecule has 1 N–H and O–H groups in total. The predicted octanol–water partition coefficient (Wildman–Crippen LogP) is 3.58. The summed E-state index contributed by atoms with van der Waals surface area (Å²) in [7, 11) is 1.54. The smallest absolute Gasteiger partial charge is 0.238 e. The fourth-order valence-electron chi connectivity index (χ4n) is 3.68. The number of piperidine rings is 1. The van der Waals surface area contributed by atoms with Crippen molar-refractivity contribution in [3.8, 4) is 5.75 Å². The fraction of sp³-hybridized carbons (Fsp3) is 0.286. The number of aliphatic imine (C=N–C) groups is 1. The van der Waals surface area contributed by atoms with E-state index in [2.05, 4.69) is 10.3 Å². The lowest BCUT2D eigenvalue weighted by atomic mass is 9.85. The first-order chi connectivity index (χ1) is 13.5. The molecule has 0 aliphatic carbocycles. The van der Waals surface area contributed by atoms with Gasteiger partial charge in [0.15, 0.2) is 5.78 Å². The molecule has 0 spiro atoms. The first kappa shape index (κ1) is 18.7. The van der Waals surface area contributed by atoms with Crippen LogP contribution in [0.2, 0.25) is 5.02 Å². The van der Waals surface area contributed by atoms with Crippen molar-refractivity contribution in [2.75, 3.05) is 32.1 Å². The number of halogens is 1. The summed E-state index contributed by atoms with van der Waals surface area (Å²) in [5, 5.41) is 3.28. The average molecular weight is 398 g/mol. The summed E-state index contributed by atoms with van der Waals surface area (Å²) in [5.74, 6) is 0.225. The summed E-state index contributed by atoms with van der Waals surface area (Å²) < 4.78 is 5.12. The molecule has 2 heterocycles. The van der Waals surface area contributed by atoms with Gasteiger partial charge in [0.2, 0.25) is 5.91 Å². The Balaban J connectivity index is 1.40. The van der Waals surface area contributed by atoms with E-state index in [0.29, 0.717) is 41.5 Å². The van der Waals surface area contributed by atoms with Crippen LogP contribution in [0.5, 0.6) is 5.75 Å². The normalized spacial score (nSPS) is 18.7. The number of Topliss-reactive ketones (excluding diaryl/α,β-unsaturated/α-hetero) is 1. The molecule has 1 atom stereocenters. The van der Waals surface area contributed by atoms with Gasteiger partial charge in [-0.15, -0.1) is 0 Å². The number of benzene rings is 2. The van der Waals surface area contributed by atoms with E-state index in [-0.39, 0.29) is 24.2 Å². The summed E-state index contributed by atoms with van der Waals surface area (Å²) in [4.78, 5) is 31.9. The van der Waals surface area contributed by atoms with Gasteiger partial charge in [0.1, 0.15) is 5.75 Å². The van der Waals surface area contributed by atoms with Gasteiger partial charge in [-0.25, -0.2) is 0 Å². The third-order valence-electron chi connectivity index (χ3n) is 5.08. The highest BCUT2D eigenvalue weighted by Crippen LogP contribution is 2.32. The number of nitrogens with zero attached hydrogens (tertiary/aromatic N) is 2. The van der Waals surface area contributed by atoms with Crippen molar-refractivity contribution >= 4 is 40.4 Å². The lowest BCUT2D eigenvalue weighted by Crippen LogP contribution is -2.47. The zero-order valence-corrected chi connectivity index (χ0v) is 16.2. The van der Waals surface area contributed by atoms with Gasteiger partial charge in [-0.1, -0.05) is 23.7 Å². The van der Waals surface area contributed by atoms with E-state index in [1.807, 2.05) is 29.2 Å². The zero-order valence-electron chi connectivity index (χ0n) is 15.4. The molecule has 1 unspecified atom stereocenters. The molecular formula is C21H20ClN3O3. The average Bonchev–Trinajstić information content (AvgIpc) is 2.69. The van der Waals surface area contributed by atoms with Crippen LogP contribution in [0.3, 0.4) is 0 Å². The Morgan fingerprint density at radius 2 is 2.14 bits per heavy atom. The molecule has 0 aromatic heterocycles. The second-order valence-corrected chi connectivity index (χ2v) is 7.33. The lowest BCUT2D eigenvalue weighted by Gasteiger charge is -2.34. The Bertz CT molecular complexity index is 973. The van der Waals surface area contributed by atoms with Gasteiger partial charge >= 0.3 is 0 Å². The van der Waals surface area contributed by atoms with Crippen LogP contribution in [0.25, 0.3) is 0 Å². The highest BCUT2D eigenvalue weighted by Gasteiger charge is 2.36. The number of rotatable bonds is 4. The summed E-state index contributed by atoms with van der Waals surface area (Å²) in [5.41, 5.74) is 2.94. The van der Waals surface area contributed by atoms with E-state index in [4.69, 9.17) is 16.3 Å². The molecule has 1 fully saturated rings. The van der Waals surface area contributed by atoms with Crippen LogP contribution >= 0.6 is 11.6 Å². The Morgan fingerprint density at radius 1 is 1.32 bits per heavy atom. The van der Waals surface area contributed by atoms with E-state index in [1.165, 1.54) is 0 Å². The minimum atomic E-state index is -0.271. The summed E-state index contributed by atoms with van der Waals surface area (Å²) in [6, 6.07) is 12.5. The van der Waals surface area contributed by atoms with E-state index >= 15 is 0 Å². The summed E-state index contributed by atoms with van der Waals surface area (Å²) >= 11 is 6.10. The van der Waals surface area contributed by atoms with E-state index in [1.54, 1.807) is 25.3 Å². The van der Waals surface area contributed by atoms with Gasteiger partial charge in [-0.2, -0.15) is 0 Å². The molecule has 1 amide bonds. The summed E-state index contributed by atoms with van der Waals surface area (Å²) in [6.45, 7) is 1.41. The maximum Gasteiger partial charge on any atom is 0.238 e. The van der Waals surface area contributed by atoms with Crippen LogP contribution in [0.4, 0.5) is 11.4 Å². The van der Waals surface area contributed by atoms with Gasteiger partial charge in [-0.3, -0.25) is 19.5 Å². The molecule has 2 aliphatic rings. The second kappa shape index (κ2) is 7.73. The molecule has 4 rings (SSSR count). The number of hydrogen-bond acceptors (Lipinski definition) is 5. The third kappa shape index (κ3) is 3.66. The predicted molar refractivity (Wildman–Crippen MR) is 109 cm³/mol. The van der Waals surface area contributed by atoms with Gasteiger partial charge < -0.3 is 10.1 Å². The van der Waals surface area contributed by atoms with Crippen LogP contribution < -0.4 is 10.1 Å². The number of nitrogens with one attached hydrogen (secondary N) is 1. The van der Waals surface area contributed by atoms with Crippen LogP contribution in [-0.4, -0.2) is 49.0 Å². The number of ketones is 1. The number of ether oxygens (including phenoxy) is 1. The van der Waals surface area contributed by atoms with E-state index in [0.717, 1.165) is 11.4 Å². The number of hydrogen-bond donors (Lipinski definition) is 1. The molecule has 0 bridgehead atoms. The van der Waals surface area contributed by atoms with Crippen molar-refractivity contribution in [2.24, 2.45) is 10.9 Å². The number of anilines is 1. The topological polar surface area (TPSA) is 71.0 Å². The van der Waals surface area contributed by atoms with Crippen LogP contribution in [-0.2, 0) is 4.79 Å². The van der Waals surface area contributed by atoms with Crippen molar-refractivity contribution in [3.63, 3.8) is 0 Å². The monoisotopic (exact) mass is 397 g/mol. The summed E-state index contributed by atoms with van der Waals surface area (Å²) in [6.07, 6.45) is 0.687. The molecule has 6 nitrogen and oxygen atoms in total. The van der Waals surface area contributed by atoms with Crippen molar-refractivity contribution in [3.05, 3.63) is 53.1 Å². The molecular weight excluding hydrogens is 378 g/mol. The molecule has 2 aromatic rings. The Morgan fingerprint density at radius 3 is 2.93 bits per heavy atom. The van der Waals surface area contributed by atoms with Gasteiger partial charge in [0.05, 0.1) is 30.3 Å². The van der Waals surface area contributed by atoms with Crippen molar-refractivity contribution in [1.82, 2.24) is 4.90 Å². The Kier molecular flexibility index (Phi) is 5.15. The first-order valence-corrected chi connectivity index (χ1v) is 9.49. The molecule has 2 aromatic carbocycles. The standard InChI is InChI=1S/C21H20ClN3O3/c1-28-19-7-6-13(10-16(19)22)23-20(26)12-25-9-8-18-15(11-25)21(27)14-4-2-3-5-17(14)24-18/h2-7,10,15H,8-9,11-12H2,1H3,(H,23,26). The minimum absolute atomic E-state index is 0.0904. The third-order valence-corrected chi connectivity index (χ3v) is 5.38. The maximum atomic E-state index is 12.8. The molecule has 2 aliphatic heterocycles. The number of methoxy groups -OCH3 is 1. The number of para-hydroxylation sites is 1. The SMILES string of the molecule is COc1ccc(NC(=O)CN2CCC3=Nc4ccccc4C(=O)C3C2)cc1Cl. The number of carbonyl (C=O) groups is 2. The molecule has 0 radical (unpaired) electrons. The molecule has 144 valence electrons. The molecule has 0 saturated carbocycles. The zero-order chi connectivity index (χ0) is 19.7. The van der Waals surface area contributed by atoms with E-state index < -0.39 is 0 Å². The highest BCUT2D eigenvalue weighted by molar-refractivity contribution is 6.32. The molecule has 7 heteroatoms. The Labute approximate surface area is 168 Å². The van der Waals surface area contributed by atoms with Gasteiger partial charge in [-0.05, 0) is 36.8 Å². The first-order valence-electron chi connectivity index (χ1n) is 9.11. The van der Waals surface area contributed by atoms with Crippen molar-refractivity contribution < 1.29 is 14.3 Å². The maximum absolute atomic E-state index is 12.8. The quantitative estimate of drug-likeness (QED) is 0.856. The van der Waals surface area contributed by atoms with Crippen LogP contribution in [0.15, 0.2) is 47.5 Å². The van der Waals surface area contributed by atoms with Crippen LogP contribution in [0, 0.1) is 5.92 Å². The highest BCUT2D eigenvalue weighted by atomic mass is 35.5. The number of likely N-dealkylation sites (tertiary alicyclic amines) is 1. The Hall–Kier alpha value is -2.70. The van der Waals surface area contributed by atoms with Gasteiger partial charge in [0, 0.05) is 30.1 Å². The number of carbonyl (C=O) groups excluding carboxylic acids is 2. The largest absolute Gasteiger partial charge is 0.495 e. The van der Waals surface area contributed by atoms with Crippen molar-refractivity contribution in [1.29, 1.82) is 0 Å².